The van der Waals surface area contributed by atoms with Crippen LogP contribution in [0.3, 0.4) is 0 Å². The van der Waals surface area contributed by atoms with E-state index < -0.39 is 0 Å². The van der Waals surface area contributed by atoms with Crippen molar-refractivity contribution in [3.05, 3.63) is 103 Å². The molecule has 1 heterocycles. The van der Waals surface area contributed by atoms with Gasteiger partial charge in [0.2, 0.25) is 0 Å². The molecular formula is C54H61B2N. The van der Waals surface area contributed by atoms with E-state index >= 15 is 0 Å². The van der Waals surface area contributed by atoms with Gasteiger partial charge in [-0.1, -0.05) is 235 Å². The van der Waals surface area contributed by atoms with Crippen LogP contribution in [0.2, 0.25) is 23.3 Å². The SMILES string of the molecule is c1ccc(N2c3cc(B(C4CCCCC4)C4CCCCC4)ccc3-c3cc4c5ccccc5c(B(C5CCCCC5)C5CCCCC5)cc4c4cccc2c34)cc1. The summed E-state index contributed by atoms with van der Waals surface area (Å²) in [5.41, 5.74) is 10.1. The second-order valence-corrected chi connectivity index (χ2v) is 19.3. The number of para-hydroxylation sites is 1. The van der Waals surface area contributed by atoms with Crippen LogP contribution in [0.25, 0.3) is 43.4 Å². The summed E-state index contributed by atoms with van der Waals surface area (Å²) in [6.45, 7) is 1.33. The molecule has 5 aliphatic rings. The van der Waals surface area contributed by atoms with E-state index in [-0.39, 0.29) is 0 Å². The molecule has 0 unspecified atom stereocenters. The van der Waals surface area contributed by atoms with Crippen molar-refractivity contribution in [1.82, 2.24) is 0 Å². The Morgan fingerprint density at radius 3 is 1.51 bits per heavy atom. The molecule has 0 amide bonds. The molecule has 1 aliphatic heterocycles. The molecule has 288 valence electrons. The first-order chi connectivity index (χ1) is 28.3. The molecule has 0 bridgehead atoms. The molecule has 4 saturated carbocycles. The molecule has 6 aromatic rings. The molecule has 3 heteroatoms. The van der Waals surface area contributed by atoms with Gasteiger partial charge in [-0.2, -0.15) is 0 Å². The first-order valence-corrected chi connectivity index (χ1v) is 23.7. The third-order valence-corrected chi connectivity index (χ3v) is 16.2. The van der Waals surface area contributed by atoms with Gasteiger partial charge in [-0.15, -0.1) is 0 Å². The predicted octanol–water partition coefficient (Wildman–Crippen LogP) is 15.3. The van der Waals surface area contributed by atoms with Crippen molar-refractivity contribution in [3.8, 4) is 11.1 Å². The minimum atomic E-state index is 0.659. The maximum atomic E-state index is 2.73. The van der Waals surface area contributed by atoms with Crippen LogP contribution in [0, 0.1) is 0 Å². The molecule has 6 aromatic carbocycles. The summed E-state index contributed by atoms with van der Waals surface area (Å²) in [7, 11) is 0. The fourth-order valence-electron chi connectivity index (χ4n) is 13.7. The zero-order valence-corrected chi connectivity index (χ0v) is 34.4. The normalized spacial score (nSPS) is 20.0. The van der Waals surface area contributed by atoms with Crippen LogP contribution in [-0.2, 0) is 0 Å². The summed E-state index contributed by atoms with van der Waals surface area (Å²) in [6, 6.07) is 41.4. The minimum absolute atomic E-state index is 0.659. The zero-order chi connectivity index (χ0) is 37.7. The van der Waals surface area contributed by atoms with Gasteiger partial charge in [-0.3, -0.25) is 0 Å². The van der Waals surface area contributed by atoms with Crippen molar-refractivity contribution in [2.45, 2.75) is 152 Å². The molecule has 0 aromatic heterocycles. The standard InChI is InChI=1S/C54H61B2N/c1-6-19-38(20-7-1)55(39-21-8-2-9-22-39)42-33-34-46-50-36-48-44-29-16-17-30-45(44)51(56(40-23-10-3-11-24-40)41-25-12-4-13-26-41)37-49(48)47-31-18-32-52(54(47)50)57(53(46)35-42)43-27-14-5-15-28-43/h5,14-18,27-41H,1-4,6-13,19-26H2. The largest absolute Gasteiger partial charge is 0.309 e. The molecule has 0 spiro atoms. The van der Waals surface area contributed by atoms with Gasteiger partial charge < -0.3 is 4.90 Å². The van der Waals surface area contributed by atoms with Gasteiger partial charge in [0.15, 0.2) is 13.4 Å². The van der Waals surface area contributed by atoms with Crippen LogP contribution in [0.15, 0.2) is 103 Å². The lowest BCUT2D eigenvalue weighted by molar-refractivity contribution is 0.465. The highest BCUT2D eigenvalue weighted by molar-refractivity contribution is 6.78. The Hall–Kier alpha value is -3.97. The fourth-order valence-corrected chi connectivity index (χ4v) is 13.7. The molecule has 57 heavy (non-hydrogen) atoms. The second-order valence-electron chi connectivity index (χ2n) is 19.3. The monoisotopic (exact) mass is 745 g/mol. The average molecular weight is 746 g/mol. The van der Waals surface area contributed by atoms with Crippen molar-refractivity contribution in [3.63, 3.8) is 0 Å². The molecule has 0 atom stereocenters. The lowest BCUT2D eigenvalue weighted by Crippen LogP contribution is -2.41. The Morgan fingerprint density at radius 1 is 0.368 bits per heavy atom. The third kappa shape index (κ3) is 6.46. The zero-order valence-electron chi connectivity index (χ0n) is 34.4. The summed E-state index contributed by atoms with van der Waals surface area (Å²) in [5, 5.41) is 8.74. The van der Waals surface area contributed by atoms with E-state index in [9.17, 15) is 0 Å². The highest BCUT2D eigenvalue weighted by atomic mass is 15.2. The Bertz CT molecular complexity index is 2340. The summed E-state index contributed by atoms with van der Waals surface area (Å²) in [5.74, 6) is 3.26. The van der Waals surface area contributed by atoms with E-state index in [1.165, 1.54) is 189 Å². The summed E-state index contributed by atoms with van der Waals surface area (Å²) in [6.07, 6.45) is 28.2. The number of anilines is 3. The lowest BCUT2D eigenvalue weighted by atomic mass is 9.27. The van der Waals surface area contributed by atoms with E-state index in [4.69, 9.17) is 0 Å². The second kappa shape index (κ2) is 15.7. The van der Waals surface area contributed by atoms with E-state index in [1.54, 1.807) is 10.9 Å². The Morgan fingerprint density at radius 2 is 0.895 bits per heavy atom. The van der Waals surface area contributed by atoms with E-state index in [1.807, 2.05) is 0 Å². The molecule has 4 fully saturated rings. The molecular weight excluding hydrogens is 684 g/mol. The maximum Gasteiger partial charge on any atom is 0.183 e. The summed E-state index contributed by atoms with van der Waals surface area (Å²) >= 11 is 0. The molecule has 4 aliphatic carbocycles. The van der Waals surface area contributed by atoms with E-state index in [0.29, 0.717) is 13.4 Å². The molecule has 0 saturated heterocycles. The summed E-state index contributed by atoms with van der Waals surface area (Å²) in [4.78, 5) is 2.65. The third-order valence-electron chi connectivity index (χ3n) is 16.2. The minimum Gasteiger partial charge on any atom is -0.309 e. The van der Waals surface area contributed by atoms with Crippen molar-refractivity contribution in [2.75, 3.05) is 4.90 Å². The molecule has 0 N–H and O–H groups in total. The van der Waals surface area contributed by atoms with Gasteiger partial charge in [0.05, 0.1) is 11.4 Å². The topological polar surface area (TPSA) is 3.24 Å². The number of benzene rings is 6. The van der Waals surface area contributed by atoms with Gasteiger partial charge in [0, 0.05) is 16.6 Å². The van der Waals surface area contributed by atoms with Gasteiger partial charge in [-0.05, 0) is 62.8 Å². The van der Waals surface area contributed by atoms with Crippen molar-refractivity contribution >= 4 is 73.7 Å². The number of rotatable bonds is 7. The van der Waals surface area contributed by atoms with Crippen molar-refractivity contribution < 1.29 is 0 Å². The number of hydrogen-bond donors (Lipinski definition) is 0. The fraction of sp³-hybridized carbons (Fsp3) is 0.444. The Balaban J connectivity index is 1.14. The van der Waals surface area contributed by atoms with Crippen LogP contribution in [0.5, 0.6) is 0 Å². The average Bonchev–Trinajstić information content (AvgIpc) is 3.28. The molecule has 0 radical (unpaired) electrons. The van der Waals surface area contributed by atoms with Crippen LogP contribution in [0.4, 0.5) is 17.1 Å². The van der Waals surface area contributed by atoms with Gasteiger partial charge in [-0.25, -0.2) is 0 Å². The van der Waals surface area contributed by atoms with Gasteiger partial charge >= 0.3 is 0 Å². The number of nitrogens with zero attached hydrogens (tertiary/aromatic N) is 1. The number of fused-ring (bicyclic) bond motifs is 6. The highest BCUT2D eigenvalue weighted by Crippen LogP contribution is 2.53. The predicted molar refractivity (Wildman–Crippen MR) is 251 cm³/mol. The first kappa shape index (κ1) is 36.1. The molecule has 1 nitrogen and oxygen atoms in total. The van der Waals surface area contributed by atoms with Crippen molar-refractivity contribution in [2.24, 2.45) is 0 Å². The smallest absolute Gasteiger partial charge is 0.183 e. The van der Waals surface area contributed by atoms with Crippen molar-refractivity contribution in [1.29, 1.82) is 0 Å². The Kier molecular flexibility index (Phi) is 9.92. The van der Waals surface area contributed by atoms with Crippen LogP contribution >= 0.6 is 0 Å². The Labute approximate surface area is 343 Å². The summed E-state index contributed by atoms with van der Waals surface area (Å²) < 4.78 is 0. The van der Waals surface area contributed by atoms with Gasteiger partial charge in [0.25, 0.3) is 0 Å². The van der Waals surface area contributed by atoms with Gasteiger partial charge in [0.1, 0.15) is 0 Å². The van der Waals surface area contributed by atoms with Crippen LogP contribution < -0.4 is 15.8 Å². The van der Waals surface area contributed by atoms with E-state index in [0.717, 1.165) is 23.3 Å². The first-order valence-electron chi connectivity index (χ1n) is 23.7. The lowest BCUT2D eigenvalue weighted by Gasteiger charge is -2.38. The quantitative estimate of drug-likeness (QED) is 0.116. The van der Waals surface area contributed by atoms with E-state index in [2.05, 4.69) is 108 Å². The highest BCUT2D eigenvalue weighted by Gasteiger charge is 2.39. The van der Waals surface area contributed by atoms with Crippen LogP contribution in [-0.4, -0.2) is 13.4 Å². The number of hydrogen-bond acceptors (Lipinski definition) is 1. The molecule has 11 rings (SSSR count). The van der Waals surface area contributed by atoms with Crippen LogP contribution in [0.1, 0.15) is 128 Å². The maximum absolute atomic E-state index is 2.73.